The van der Waals surface area contributed by atoms with Crippen LogP contribution in [0.5, 0.6) is 11.5 Å². The topological polar surface area (TPSA) is 115 Å². The van der Waals surface area contributed by atoms with Gasteiger partial charge in [0.05, 0.1) is 20.8 Å². The van der Waals surface area contributed by atoms with E-state index < -0.39 is 11.2 Å². The van der Waals surface area contributed by atoms with E-state index in [1.807, 2.05) is 11.8 Å². The minimum atomic E-state index is -0.428. The van der Waals surface area contributed by atoms with Crippen molar-refractivity contribution in [1.82, 2.24) is 28.9 Å². The maximum Gasteiger partial charge on any atom is 0.330 e. The Morgan fingerprint density at radius 2 is 1.80 bits per heavy atom. The number of carbonyl (C=O) groups excluding carboxylic acids is 1. The number of imidazole rings is 1. The Balaban J connectivity index is 1.47. The predicted octanol–water partition coefficient (Wildman–Crippen LogP) is 1.20. The van der Waals surface area contributed by atoms with E-state index in [1.165, 1.54) is 0 Å². The van der Waals surface area contributed by atoms with E-state index in [-0.39, 0.29) is 5.91 Å². The summed E-state index contributed by atoms with van der Waals surface area (Å²) in [6, 6.07) is 5.17. The van der Waals surface area contributed by atoms with Crippen molar-refractivity contribution < 1.29 is 14.3 Å². The van der Waals surface area contributed by atoms with Crippen molar-refractivity contribution in [2.45, 2.75) is 32.9 Å². The number of nitrogens with zero attached hydrogens (tertiary/aromatic N) is 5. The van der Waals surface area contributed by atoms with E-state index in [4.69, 9.17) is 9.47 Å². The Kier molecular flexibility index (Phi) is 7.25. The fourth-order valence-corrected chi connectivity index (χ4v) is 4.42. The van der Waals surface area contributed by atoms with Crippen molar-refractivity contribution in [2.24, 2.45) is 7.05 Å². The van der Waals surface area contributed by atoms with Crippen molar-refractivity contribution in [3.8, 4) is 11.5 Å². The predicted molar refractivity (Wildman–Crippen MR) is 131 cm³/mol. The molecule has 1 N–H and O–H groups in total. The van der Waals surface area contributed by atoms with Gasteiger partial charge in [0.15, 0.2) is 22.7 Å². The molecule has 11 heteroatoms. The number of hydrogen-bond donors (Lipinski definition) is 1. The quantitative estimate of drug-likeness (QED) is 0.511. The number of benzene rings is 1. The third-order valence-corrected chi connectivity index (χ3v) is 6.50. The molecule has 0 spiro atoms. The first-order valence-electron chi connectivity index (χ1n) is 11.8. The average Bonchev–Trinajstić information content (AvgIpc) is 3.19. The number of ether oxygens (including phenoxy) is 2. The number of aromatic amines is 1. The number of aryl methyl sites for hydroxylation is 2. The molecule has 0 unspecified atom stereocenters. The summed E-state index contributed by atoms with van der Waals surface area (Å²) in [5.41, 5.74) is 0.521. The van der Waals surface area contributed by atoms with Crippen molar-refractivity contribution >= 4 is 17.1 Å². The number of piperazine rings is 1. The summed E-state index contributed by atoms with van der Waals surface area (Å²) in [6.45, 7) is 5.55. The second-order valence-electron chi connectivity index (χ2n) is 8.66. The molecule has 1 saturated heterocycles. The standard InChI is InChI=1S/C24H32N6O5/c1-5-6-9-30-21-20(22(31)26-24(30)33)27(2)19(25-21)15-28-10-12-29(13-11-28)23(32)16-7-8-17(34-3)18(14-16)35-4/h7-8,14H,5-6,9-13,15H2,1-4H3,(H,26,31,33). The van der Waals surface area contributed by atoms with Crippen LogP contribution < -0.4 is 20.7 Å². The smallest absolute Gasteiger partial charge is 0.330 e. The summed E-state index contributed by atoms with van der Waals surface area (Å²) in [5.74, 6) is 1.75. The molecule has 188 valence electrons. The van der Waals surface area contributed by atoms with Gasteiger partial charge in [-0.1, -0.05) is 13.3 Å². The van der Waals surface area contributed by atoms with Crippen molar-refractivity contribution in [2.75, 3.05) is 40.4 Å². The molecule has 35 heavy (non-hydrogen) atoms. The lowest BCUT2D eigenvalue weighted by Crippen LogP contribution is -2.48. The molecule has 2 aromatic heterocycles. The van der Waals surface area contributed by atoms with Gasteiger partial charge in [0, 0.05) is 45.3 Å². The van der Waals surface area contributed by atoms with Gasteiger partial charge in [-0.25, -0.2) is 9.78 Å². The molecular formula is C24H32N6O5. The number of fused-ring (bicyclic) bond motifs is 1. The molecule has 0 saturated carbocycles. The van der Waals surface area contributed by atoms with Gasteiger partial charge in [-0.2, -0.15) is 0 Å². The Morgan fingerprint density at radius 1 is 1.09 bits per heavy atom. The van der Waals surface area contributed by atoms with E-state index in [0.29, 0.717) is 73.3 Å². The van der Waals surface area contributed by atoms with Gasteiger partial charge in [-0.15, -0.1) is 0 Å². The summed E-state index contributed by atoms with van der Waals surface area (Å²) in [7, 11) is 4.90. The number of hydrogen-bond acceptors (Lipinski definition) is 7. The van der Waals surface area contributed by atoms with Crippen LogP contribution >= 0.6 is 0 Å². The highest BCUT2D eigenvalue weighted by Gasteiger charge is 2.25. The molecule has 3 aromatic rings. The zero-order valence-corrected chi connectivity index (χ0v) is 20.7. The maximum absolute atomic E-state index is 13.0. The minimum Gasteiger partial charge on any atom is -0.493 e. The first-order valence-corrected chi connectivity index (χ1v) is 11.8. The lowest BCUT2D eigenvalue weighted by atomic mass is 10.1. The van der Waals surface area contributed by atoms with Crippen molar-refractivity contribution in [1.29, 1.82) is 0 Å². The first kappa shape index (κ1) is 24.5. The molecule has 1 fully saturated rings. The van der Waals surface area contributed by atoms with Gasteiger partial charge < -0.3 is 18.9 Å². The molecule has 1 aliphatic rings. The second kappa shape index (κ2) is 10.3. The summed E-state index contributed by atoms with van der Waals surface area (Å²) in [6.07, 6.45) is 1.75. The third-order valence-electron chi connectivity index (χ3n) is 6.50. The van der Waals surface area contributed by atoms with E-state index in [0.717, 1.165) is 12.8 Å². The number of methoxy groups -OCH3 is 2. The Hall–Kier alpha value is -3.60. The lowest BCUT2D eigenvalue weighted by molar-refractivity contribution is 0.0624. The number of aromatic nitrogens is 4. The van der Waals surface area contributed by atoms with Crippen LogP contribution in [-0.2, 0) is 20.1 Å². The lowest BCUT2D eigenvalue weighted by Gasteiger charge is -2.34. The Morgan fingerprint density at radius 3 is 2.46 bits per heavy atom. The van der Waals surface area contributed by atoms with Crippen molar-refractivity contribution in [3.63, 3.8) is 0 Å². The van der Waals surface area contributed by atoms with E-state index in [1.54, 1.807) is 48.6 Å². The highest BCUT2D eigenvalue weighted by Crippen LogP contribution is 2.28. The van der Waals surface area contributed by atoms with Crippen LogP contribution in [0, 0.1) is 0 Å². The molecule has 1 amide bonds. The van der Waals surface area contributed by atoms with Crippen LogP contribution in [0.3, 0.4) is 0 Å². The van der Waals surface area contributed by atoms with Gasteiger partial charge in [0.2, 0.25) is 0 Å². The van der Waals surface area contributed by atoms with E-state index in [2.05, 4.69) is 14.9 Å². The summed E-state index contributed by atoms with van der Waals surface area (Å²) >= 11 is 0. The molecule has 0 radical (unpaired) electrons. The zero-order valence-electron chi connectivity index (χ0n) is 20.7. The van der Waals surface area contributed by atoms with Gasteiger partial charge in [-0.3, -0.25) is 24.0 Å². The number of carbonyl (C=O) groups is 1. The molecule has 0 aliphatic carbocycles. The largest absolute Gasteiger partial charge is 0.493 e. The maximum atomic E-state index is 13.0. The van der Waals surface area contributed by atoms with Crippen LogP contribution in [0.25, 0.3) is 11.2 Å². The molecule has 0 bridgehead atoms. The van der Waals surface area contributed by atoms with Crippen LogP contribution in [-0.4, -0.2) is 75.2 Å². The number of nitrogens with one attached hydrogen (secondary N) is 1. The zero-order chi connectivity index (χ0) is 25.1. The number of amides is 1. The SMILES string of the molecule is CCCCn1c(=O)[nH]c(=O)c2c1nc(CN1CCN(C(=O)c3ccc(OC)c(OC)c3)CC1)n2C. The first-order chi connectivity index (χ1) is 16.9. The van der Waals surface area contributed by atoms with Crippen molar-refractivity contribution in [3.05, 3.63) is 50.4 Å². The highest BCUT2D eigenvalue weighted by molar-refractivity contribution is 5.95. The fraction of sp³-hybridized carbons (Fsp3) is 0.500. The average molecular weight is 485 g/mol. The van der Waals surface area contributed by atoms with Crippen LogP contribution in [0.15, 0.2) is 27.8 Å². The van der Waals surface area contributed by atoms with Gasteiger partial charge in [-0.05, 0) is 24.6 Å². The molecule has 1 aliphatic heterocycles. The second-order valence-corrected chi connectivity index (χ2v) is 8.66. The normalized spacial score (nSPS) is 14.5. The number of rotatable bonds is 8. The van der Waals surface area contributed by atoms with Gasteiger partial charge in [0.25, 0.3) is 11.5 Å². The summed E-state index contributed by atoms with van der Waals surface area (Å²) in [5, 5.41) is 0. The fourth-order valence-electron chi connectivity index (χ4n) is 4.42. The number of H-pyrrole nitrogens is 1. The van der Waals surface area contributed by atoms with Crippen LogP contribution in [0.1, 0.15) is 35.9 Å². The molecule has 11 nitrogen and oxygen atoms in total. The molecule has 1 aromatic carbocycles. The minimum absolute atomic E-state index is 0.0557. The molecule has 4 rings (SSSR count). The van der Waals surface area contributed by atoms with Crippen LogP contribution in [0.4, 0.5) is 0 Å². The summed E-state index contributed by atoms with van der Waals surface area (Å²) in [4.78, 5) is 49.0. The highest BCUT2D eigenvalue weighted by atomic mass is 16.5. The Bertz CT molecular complexity index is 1330. The number of unbranched alkanes of at least 4 members (excludes halogenated alkanes) is 1. The van der Waals surface area contributed by atoms with E-state index in [9.17, 15) is 14.4 Å². The van der Waals surface area contributed by atoms with E-state index >= 15 is 0 Å². The monoisotopic (exact) mass is 484 g/mol. The third kappa shape index (κ3) is 4.81. The molecule has 0 atom stereocenters. The molecular weight excluding hydrogens is 452 g/mol. The van der Waals surface area contributed by atoms with Gasteiger partial charge in [0.1, 0.15) is 5.82 Å². The summed E-state index contributed by atoms with van der Waals surface area (Å²) < 4.78 is 13.9. The van der Waals surface area contributed by atoms with Crippen LogP contribution in [0.2, 0.25) is 0 Å². The Labute approximate surface area is 202 Å². The van der Waals surface area contributed by atoms with Gasteiger partial charge >= 0.3 is 5.69 Å². The molecule has 3 heterocycles.